The molecule has 1 aliphatic rings. The third kappa shape index (κ3) is 9.34. The van der Waals surface area contributed by atoms with Gasteiger partial charge in [0.25, 0.3) is 0 Å². The lowest BCUT2D eigenvalue weighted by Crippen LogP contribution is -2.54. The van der Waals surface area contributed by atoms with Crippen LogP contribution >= 0.6 is 24.0 Å². The van der Waals surface area contributed by atoms with Crippen LogP contribution in [0.25, 0.3) is 0 Å². The first-order valence-corrected chi connectivity index (χ1v) is 10.2. The summed E-state index contributed by atoms with van der Waals surface area (Å²) < 4.78 is 43.7. The number of hydrogen-bond donors (Lipinski definition) is 1. The average Bonchev–Trinajstić information content (AvgIpc) is 2.54. The molecule has 1 fully saturated rings. The highest BCUT2D eigenvalue weighted by Crippen LogP contribution is 2.09. The molecule has 0 unspecified atom stereocenters. The number of halogens is 2. The average molecular weight is 494 g/mol. The van der Waals surface area contributed by atoms with Gasteiger partial charge in [-0.1, -0.05) is 0 Å². The van der Waals surface area contributed by atoms with E-state index in [4.69, 9.17) is 4.74 Å². The minimum atomic E-state index is -3.29. The van der Waals surface area contributed by atoms with Gasteiger partial charge in [0, 0.05) is 39.3 Å². The Hall–Kier alpha value is -0.200. The molecular formula is C15H32FIN4O3S. The van der Waals surface area contributed by atoms with Crippen molar-refractivity contribution in [2.75, 3.05) is 58.3 Å². The van der Waals surface area contributed by atoms with Gasteiger partial charge in [0.05, 0.1) is 25.1 Å². The van der Waals surface area contributed by atoms with E-state index in [-0.39, 0.29) is 49.1 Å². The first-order chi connectivity index (χ1) is 11.4. The third-order valence-electron chi connectivity index (χ3n) is 3.61. The summed E-state index contributed by atoms with van der Waals surface area (Å²) in [6.07, 6.45) is 0.430. The summed E-state index contributed by atoms with van der Waals surface area (Å²) in [6, 6.07) is 0. The molecular weight excluding hydrogens is 462 g/mol. The summed E-state index contributed by atoms with van der Waals surface area (Å²) in [5.74, 6) is 0.738. The van der Waals surface area contributed by atoms with E-state index in [1.807, 2.05) is 25.7 Å². The first kappa shape index (κ1) is 24.8. The predicted octanol–water partition coefficient (Wildman–Crippen LogP) is 1.30. The van der Waals surface area contributed by atoms with Gasteiger partial charge in [-0.25, -0.2) is 8.42 Å². The number of rotatable bonds is 9. The summed E-state index contributed by atoms with van der Waals surface area (Å²) in [5.41, 5.74) is 0. The molecule has 1 N–H and O–H groups in total. The van der Waals surface area contributed by atoms with Crippen molar-refractivity contribution >= 4 is 40.0 Å². The van der Waals surface area contributed by atoms with Crippen LogP contribution in [0.1, 0.15) is 27.2 Å². The van der Waals surface area contributed by atoms with Crippen molar-refractivity contribution in [1.82, 2.24) is 14.5 Å². The predicted molar refractivity (Wildman–Crippen MR) is 110 cm³/mol. The van der Waals surface area contributed by atoms with E-state index in [0.717, 1.165) is 12.5 Å². The molecule has 0 aliphatic carbocycles. The van der Waals surface area contributed by atoms with Gasteiger partial charge >= 0.3 is 0 Å². The largest absolute Gasteiger partial charge is 0.378 e. The van der Waals surface area contributed by atoms with Crippen molar-refractivity contribution in [1.29, 1.82) is 0 Å². The van der Waals surface area contributed by atoms with Crippen LogP contribution in [-0.2, 0) is 14.8 Å². The zero-order chi connectivity index (χ0) is 18.0. The highest BCUT2D eigenvalue weighted by atomic mass is 127. The molecule has 0 radical (unpaired) electrons. The fraction of sp³-hybridized carbons (Fsp3) is 0.933. The maximum atomic E-state index is 12.3. The number of nitrogens with zero attached hydrogens (tertiary/aromatic N) is 3. The van der Waals surface area contributed by atoms with E-state index < -0.39 is 10.0 Å². The minimum absolute atomic E-state index is 0. The molecule has 0 atom stereocenters. The Morgan fingerprint density at radius 1 is 1.28 bits per heavy atom. The molecule has 0 amide bonds. The summed E-state index contributed by atoms with van der Waals surface area (Å²) in [7, 11) is -3.29. The lowest BCUT2D eigenvalue weighted by Gasteiger charge is -2.35. The van der Waals surface area contributed by atoms with Crippen LogP contribution in [-0.4, -0.2) is 88.0 Å². The minimum Gasteiger partial charge on any atom is -0.378 e. The van der Waals surface area contributed by atoms with Gasteiger partial charge in [-0.3, -0.25) is 9.38 Å². The van der Waals surface area contributed by atoms with Gasteiger partial charge in [-0.15, -0.1) is 24.0 Å². The van der Waals surface area contributed by atoms with E-state index in [2.05, 4.69) is 10.3 Å². The van der Waals surface area contributed by atoms with Crippen molar-refractivity contribution in [3.05, 3.63) is 0 Å². The second kappa shape index (κ2) is 13.0. The van der Waals surface area contributed by atoms with Gasteiger partial charge in [-0.05, 0) is 27.2 Å². The zero-order valence-electron chi connectivity index (χ0n) is 15.4. The molecule has 1 saturated heterocycles. The molecule has 0 bridgehead atoms. The number of hydrogen-bond acceptors (Lipinski definition) is 4. The molecule has 10 heteroatoms. The Morgan fingerprint density at radius 3 is 2.44 bits per heavy atom. The number of guanidine groups is 1. The monoisotopic (exact) mass is 494 g/mol. The number of sulfonamides is 1. The van der Waals surface area contributed by atoms with Crippen molar-refractivity contribution in [3.8, 4) is 0 Å². The molecule has 0 aromatic heterocycles. The molecule has 1 rings (SSSR count). The summed E-state index contributed by atoms with van der Waals surface area (Å²) in [6.45, 7) is 8.74. The van der Waals surface area contributed by atoms with Crippen molar-refractivity contribution in [2.45, 2.75) is 33.3 Å². The lowest BCUT2D eigenvalue weighted by atomic mass is 10.4. The Bertz CT molecular complexity index is 483. The van der Waals surface area contributed by atoms with Crippen LogP contribution in [0.5, 0.6) is 0 Å². The number of alkyl halides is 1. The molecule has 25 heavy (non-hydrogen) atoms. The quantitative estimate of drug-likeness (QED) is 0.227. The van der Waals surface area contributed by atoms with E-state index in [1.54, 1.807) is 0 Å². The highest BCUT2D eigenvalue weighted by Gasteiger charge is 2.27. The number of aliphatic imine (C=N–C) groups is 1. The van der Waals surface area contributed by atoms with Crippen LogP contribution < -0.4 is 5.32 Å². The molecule has 1 aliphatic heterocycles. The second-order valence-corrected chi connectivity index (χ2v) is 7.99. The standard InChI is InChI=1S/C15H31FN4O3S.HI/c1-4-17-15(18-7-5-6-16)19-8-10-20(11-9-19)24(21,22)13-12-23-14(2)3;/h14H,4-13H2,1-3H3,(H,17,18);1H. The zero-order valence-corrected chi connectivity index (χ0v) is 18.6. The maximum Gasteiger partial charge on any atom is 0.216 e. The number of nitrogens with one attached hydrogen (secondary N) is 1. The van der Waals surface area contributed by atoms with Crippen molar-refractivity contribution in [3.63, 3.8) is 0 Å². The summed E-state index contributed by atoms with van der Waals surface area (Å²) in [4.78, 5) is 6.41. The normalized spacial score (nSPS) is 16.8. The molecule has 0 aromatic carbocycles. The molecule has 0 saturated carbocycles. The van der Waals surface area contributed by atoms with Gasteiger partial charge in [0.15, 0.2) is 5.96 Å². The van der Waals surface area contributed by atoms with Crippen LogP contribution in [0.3, 0.4) is 0 Å². The molecule has 0 aromatic rings. The highest BCUT2D eigenvalue weighted by molar-refractivity contribution is 14.0. The van der Waals surface area contributed by atoms with Crippen LogP contribution in [0.2, 0.25) is 0 Å². The summed E-state index contributed by atoms with van der Waals surface area (Å²) in [5, 5.41) is 3.18. The Balaban J connectivity index is 0.00000576. The fourth-order valence-corrected chi connectivity index (χ4v) is 3.65. The Morgan fingerprint density at radius 2 is 1.92 bits per heavy atom. The second-order valence-electron chi connectivity index (χ2n) is 5.90. The Labute approximate surface area is 168 Å². The molecule has 7 nitrogen and oxygen atoms in total. The Kier molecular flexibility index (Phi) is 12.9. The topological polar surface area (TPSA) is 74.2 Å². The van der Waals surface area contributed by atoms with E-state index in [9.17, 15) is 12.8 Å². The first-order valence-electron chi connectivity index (χ1n) is 8.59. The fourth-order valence-electron chi connectivity index (χ4n) is 2.37. The van der Waals surface area contributed by atoms with Gasteiger partial charge in [-0.2, -0.15) is 4.31 Å². The van der Waals surface area contributed by atoms with E-state index in [0.29, 0.717) is 39.1 Å². The van der Waals surface area contributed by atoms with E-state index >= 15 is 0 Å². The summed E-state index contributed by atoms with van der Waals surface area (Å²) >= 11 is 0. The van der Waals surface area contributed by atoms with Crippen LogP contribution in [0, 0.1) is 0 Å². The van der Waals surface area contributed by atoms with Crippen molar-refractivity contribution in [2.24, 2.45) is 4.99 Å². The SMILES string of the molecule is CCNC(=NCCCF)N1CCN(S(=O)(=O)CCOC(C)C)CC1.I. The number of ether oxygens (including phenoxy) is 1. The lowest BCUT2D eigenvalue weighted by molar-refractivity contribution is 0.0904. The van der Waals surface area contributed by atoms with Crippen LogP contribution in [0.15, 0.2) is 4.99 Å². The number of piperazine rings is 1. The van der Waals surface area contributed by atoms with E-state index in [1.165, 1.54) is 4.31 Å². The molecule has 0 spiro atoms. The smallest absolute Gasteiger partial charge is 0.216 e. The maximum absolute atomic E-state index is 12.3. The van der Waals surface area contributed by atoms with Gasteiger partial charge in [0.1, 0.15) is 0 Å². The van der Waals surface area contributed by atoms with Gasteiger partial charge < -0.3 is 15.0 Å². The van der Waals surface area contributed by atoms with Crippen LogP contribution in [0.4, 0.5) is 4.39 Å². The molecule has 1 heterocycles. The molecule has 150 valence electrons. The van der Waals surface area contributed by atoms with Gasteiger partial charge in [0.2, 0.25) is 10.0 Å². The van der Waals surface area contributed by atoms with Crippen molar-refractivity contribution < 1.29 is 17.5 Å². The third-order valence-corrected chi connectivity index (χ3v) is 5.45.